The van der Waals surface area contributed by atoms with Gasteiger partial charge in [-0.1, -0.05) is 12.1 Å². The Morgan fingerprint density at radius 1 is 1.44 bits per heavy atom. The number of hydrogen-bond acceptors (Lipinski definition) is 4. The highest BCUT2D eigenvalue weighted by molar-refractivity contribution is 7.99. The maximum absolute atomic E-state index is 11.0. The second-order valence-electron chi connectivity index (χ2n) is 5.26. The number of phenolic OH excluding ortho intramolecular Hbond substituents is 1. The largest absolute Gasteiger partial charge is 0.508 e. The topological polar surface area (TPSA) is 43.7 Å². The maximum Gasteiger partial charge on any atom is 0.115 e. The van der Waals surface area contributed by atoms with Crippen molar-refractivity contribution in [3.63, 3.8) is 0 Å². The molecule has 2 atom stereocenters. The molecule has 4 heteroatoms. The second kappa shape index (κ2) is 5.51. The molecule has 18 heavy (non-hydrogen) atoms. The first-order valence-corrected chi connectivity index (χ1v) is 7.42. The van der Waals surface area contributed by atoms with Gasteiger partial charge in [0.15, 0.2) is 0 Å². The van der Waals surface area contributed by atoms with Crippen molar-refractivity contribution in [1.29, 1.82) is 0 Å². The van der Waals surface area contributed by atoms with Crippen molar-refractivity contribution >= 4 is 11.8 Å². The van der Waals surface area contributed by atoms with E-state index in [1.54, 1.807) is 18.2 Å². The van der Waals surface area contributed by atoms with Gasteiger partial charge in [0, 0.05) is 18.2 Å². The number of rotatable bonds is 3. The third-order valence-electron chi connectivity index (χ3n) is 3.55. The fourth-order valence-electron chi connectivity index (χ4n) is 2.60. The number of benzene rings is 1. The molecule has 2 N–H and O–H groups in total. The Hall–Kier alpha value is -0.710. The summed E-state index contributed by atoms with van der Waals surface area (Å²) in [6.45, 7) is 0.860. The van der Waals surface area contributed by atoms with Crippen molar-refractivity contribution in [2.45, 2.75) is 12.0 Å². The first kappa shape index (κ1) is 13.7. The Balaban J connectivity index is 2.29. The van der Waals surface area contributed by atoms with E-state index in [1.165, 1.54) is 0 Å². The molecule has 0 amide bonds. The molecule has 0 bridgehead atoms. The van der Waals surface area contributed by atoms with Crippen molar-refractivity contribution in [3.05, 3.63) is 29.8 Å². The van der Waals surface area contributed by atoms with E-state index in [2.05, 4.69) is 4.90 Å². The van der Waals surface area contributed by atoms with Gasteiger partial charge >= 0.3 is 0 Å². The minimum absolute atomic E-state index is 0.202. The lowest BCUT2D eigenvalue weighted by atomic mass is 9.79. The van der Waals surface area contributed by atoms with Gasteiger partial charge in [-0.25, -0.2) is 0 Å². The van der Waals surface area contributed by atoms with Gasteiger partial charge in [0.1, 0.15) is 5.75 Å². The van der Waals surface area contributed by atoms with Gasteiger partial charge in [0.05, 0.1) is 5.60 Å². The summed E-state index contributed by atoms with van der Waals surface area (Å²) in [6, 6.07) is 7.06. The SMILES string of the molecule is CN(C)C[C@@H]1CSCC[C@@]1(O)c1cccc(O)c1. The molecule has 0 spiro atoms. The van der Waals surface area contributed by atoms with Crippen LogP contribution in [0.25, 0.3) is 0 Å². The lowest BCUT2D eigenvalue weighted by molar-refractivity contribution is -0.0294. The predicted octanol–water partition coefficient (Wildman–Crippen LogP) is 1.89. The zero-order chi connectivity index (χ0) is 13.2. The summed E-state index contributed by atoms with van der Waals surface area (Å²) < 4.78 is 0. The third-order valence-corrected chi connectivity index (χ3v) is 4.68. The van der Waals surface area contributed by atoms with Crippen LogP contribution in [0.3, 0.4) is 0 Å². The van der Waals surface area contributed by atoms with Crippen molar-refractivity contribution in [1.82, 2.24) is 4.90 Å². The van der Waals surface area contributed by atoms with E-state index in [-0.39, 0.29) is 11.7 Å². The van der Waals surface area contributed by atoms with Crippen molar-refractivity contribution in [2.24, 2.45) is 5.92 Å². The molecular formula is C14H21NO2S. The van der Waals surface area contributed by atoms with E-state index in [1.807, 2.05) is 31.9 Å². The highest BCUT2D eigenvalue weighted by atomic mass is 32.2. The highest BCUT2D eigenvalue weighted by Crippen LogP contribution is 2.41. The Morgan fingerprint density at radius 2 is 2.22 bits per heavy atom. The molecule has 1 saturated heterocycles. The van der Waals surface area contributed by atoms with Crippen LogP contribution in [0.15, 0.2) is 24.3 Å². The van der Waals surface area contributed by atoms with E-state index >= 15 is 0 Å². The molecule has 0 radical (unpaired) electrons. The smallest absolute Gasteiger partial charge is 0.115 e. The number of nitrogens with zero attached hydrogens (tertiary/aromatic N) is 1. The summed E-state index contributed by atoms with van der Waals surface area (Å²) in [7, 11) is 4.06. The third kappa shape index (κ3) is 2.82. The molecular weight excluding hydrogens is 246 g/mol. The lowest BCUT2D eigenvalue weighted by Crippen LogP contribution is -2.45. The fraction of sp³-hybridized carbons (Fsp3) is 0.571. The molecule has 100 valence electrons. The van der Waals surface area contributed by atoms with Crippen LogP contribution in [0, 0.1) is 5.92 Å². The van der Waals surface area contributed by atoms with Gasteiger partial charge in [-0.3, -0.25) is 0 Å². The van der Waals surface area contributed by atoms with Crippen LogP contribution in [0.5, 0.6) is 5.75 Å². The summed E-state index contributed by atoms with van der Waals surface area (Å²) >= 11 is 1.90. The minimum Gasteiger partial charge on any atom is -0.508 e. The molecule has 0 aliphatic carbocycles. The maximum atomic E-state index is 11.0. The van der Waals surface area contributed by atoms with Gasteiger partial charge in [0.25, 0.3) is 0 Å². The van der Waals surface area contributed by atoms with Gasteiger partial charge < -0.3 is 15.1 Å². The number of hydrogen-bond donors (Lipinski definition) is 2. The van der Waals surface area contributed by atoms with Crippen LogP contribution in [0.2, 0.25) is 0 Å². The predicted molar refractivity (Wildman–Crippen MR) is 76.0 cm³/mol. The highest BCUT2D eigenvalue weighted by Gasteiger charge is 2.40. The van der Waals surface area contributed by atoms with Crippen molar-refractivity contribution in [3.8, 4) is 5.75 Å². The Kier molecular flexibility index (Phi) is 4.20. The Labute approximate surface area is 113 Å². The summed E-state index contributed by atoms with van der Waals surface area (Å²) in [5, 5.41) is 20.6. The van der Waals surface area contributed by atoms with E-state index in [0.29, 0.717) is 0 Å². The molecule has 1 aliphatic heterocycles. The molecule has 1 fully saturated rings. The quantitative estimate of drug-likeness (QED) is 0.878. The van der Waals surface area contributed by atoms with E-state index in [0.717, 1.165) is 30.0 Å². The van der Waals surface area contributed by atoms with E-state index < -0.39 is 5.60 Å². The van der Waals surface area contributed by atoms with E-state index in [9.17, 15) is 10.2 Å². The average molecular weight is 267 g/mol. The minimum atomic E-state index is -0.811. The number of phenols is 1. The Bertz CT molecular complexity index is 411. The van der Waals surface area contributed by atoms with Crippen LogP contribution in [-0.2, 0) is 5.60 Å². The molecule has 0 unspecified atom stereocenters. The Morgan fingerprint density at radius 3 is 2.89 bits per heavy atom. The average Bonchev–Trinajstić information content (AvgIpc) is 2.32. The molecule has 0 aromatic heterocycles. The van der Waals surface area contributed by atoms with Crippen molar-refractivity contribution < 1.29 is 10.2 Å². The van der Waals surface area contributed by atoms with Gasteiger partial charge in [-0.15, -0.1) is 0 Å². The molecule has 1 heterocycles. The van der Waals surface area contributed by atoms with Crippen LogP contribution in [-0.4, -0.2) is 47.3 Å². The molecule has 1 aliphatic rings. The number of thioether (sulfide) groups is 1. The normalized spacial score (nSPS) is 28.6. The first-order valence-electron chi connectivity index (χ1n) is 6.27. The molecule has 1 aromatic rings. The van der Waals surface area contributed by atoms with Crippen LogP contribution in [0.1, 0.15) is 12.0 Å². The summed E-state index contributed by atoms with van der Waals surface area (Å²) in [6.07, 6.45) is 0.750. The summed E-state index contributed by atoms with van der Waals surface area (Å²) in [5.41, 5.74) is 0.0310. The number of aromatic hydroxyl groups is 1. The van der Waals surface area contributed by atoms with E-state index in [4.69, 9.17) is 0 Å². The standard InChI is InChI=1S/C14H21NO2S/c1-15(2)9-12-10-18-7-6-14(12,17)11-4-3-5-13(16)8-11/h3-5,8,12,16-17H,6-7,9-10H2,1-2H3/t12-,14-/m1/s1. The second-order valence-corrected chi connectivity index (χ2v) is 6.41. The molecule has 3 nitrogen and oxygen atoms in total. The van der Waals surface area contributed by atoms with Crippen molar-refractivity contribution in [2.75, 3.05) is 32.1 Å². The van der Waals surface area contributed by atoms with Gasteiger partial charge in [-0.05, 0) is 44.0 Å². The molecule has 1 aromatic carbocycles. The zero-order valence-electron chi connectivity index (χ0n) is 11.0. The molecule has 0 saturated carbocycles. The van der Waals surface area contributed by atoms with Gasteiger partial charge in [0.2, 0.25) is 0 Å². The van der Waals surface area contributed by atoms with Crippen LogP contribution in [0.4, 0.5) is 0 Å². The number of aliphatic hydroxyl groups is 1. The monoisotopic (exact) mass is 267 g/mol. The lowest BCUT2D eigenvalue weighted by Gasteiger charge is -2.41. The van der Waals surface area contributed by atoms with Crippen LogP contribution >= 0.6 is 11.8 Å². The summed E-state index contributed by atoms with van der Waals surface area (Å²) in [5.74, 6) is 2.36. The summed E-state index contributed by atoms with van der Waals surface area (Å²) in [4.78, 5) is 2.12. The fourth-order valence-corrected chi connectivity index (χ4v) is 3.88. The first-order chi connectivity index (χ1) is 8.52. The molecule has 2 rings (SSSR count). The zero-order valence-corrected chi connectivity index (χ0v) is 11.8. The van der Waals surface area contributed by atoms with Gasteiger partial charge in [-0.2, -0.15) is 11.8 Å². The van der Waals surface area contributed by atoms with Crippen LogP contribution < -0.4 is 0 Å².